The molecule has 7 nitrogen and oxygen atoms in total. The van der Waals surface area contributed by atoms with Gasteiger partial charge in [0.15, 0.2) is 5.69 Å². The van der Waals surface area contributed by atoms with Crippen molar-refractivity contribution in [3.05, 3.63) is 40.4 Å². The van der Waals surface area contributed by atoms with Crippen LogP contribution in [0.5, 0.6) is 0 Å². The second kappa shape index (κ2) is 8.96. The molecule has 3 rings (SSSR count). The SMILES string of the molecule is CNC(=O)[C@@H](NC(=O)c1nc(-c2cc(Cl)ccc2F)n2c1CN(C)CCC2)C(C)(C)C. The maximum Gasteiger partial charge on any atom is 0.272 e. The molecule has 0 saturated heterocycles. The maximum absolute atomic E-state index is 14.7. The molecule has 2 N–H and O–H groups in total. The fourth-order valence-electron chi connectivity index (χ4n) is 3.80. The van der Waals surface area contributed by atoms with Gasteiger partial charge in [-0.3, -0.25) is 9.59 Å². The summed E-state index contributed by atoms with van der Waals surface area (Å²) in [4.78, 5) is 32.4. The van der Waals surface area contributed by atoms with Crippen molar-refractivity contribution in [2.75, 3.05) is 20.6 Å². The molecule has 0 aliphatic carbocycles. The lowest BCUT2D eigenvalue weighted by atomic mass is 9.86. The zero-order valence-electron chi connectivity index (χ0n) is 18.6. The van der Waals surface area contributed by atoms with Crippen LogP contribution in [0, 0.1) is 11.2 Å². The van der Waals surface area contributed by atoms with E-state index in [4.69, 9.17) is 11.6 Å². The van der Waals surface area contributed by atoms with E-state index >= 15 is 0 Å². The molecule has 2 amide bonds. The van der Waals surface area contributed by atoms with E-state index in [0.29, 0.717) is 29.6 Å². The van der Waals surface area contributed by atoms with Crippen molar-refractivity contribution in [2.24, 2.45) is 5.41 Å². The molecule has 0 radical (unpaired) electrons. The minimum atomic E-state index is -0.753. The van der Waals surface area contributed by atoms with Gasteiger partial charge in [0.25, 0.3) is 5.91 Å². The molecule has 9 heteroatoms. The fourth-order valence-corrected chi connectivity index (χ4v) is 3.97. The van der Waals surface area contributed by atoms with E-state index < -0.39 is 23.2 Å². The molecule has 0 saturated carbocycles. The molecule has 1 atom stereocenters. The molecule has 1 aromatic carbocycles. The third kappa shape index (κ3) is 4.91. The lowest BCUT2D eigenvalue weighted by Gasteiger charge is -2.29. The summed E-state index contributed by atoms with van der Waals surface area (Å²) in [6, 6.07) is 3.54. The summed E-state index contributed by atoms with van der Waals surface area (Å²) in [5.41, 5.74) is 0.624. The monoisotopic (exact) mass is 449 g/mol. The third-order valence-electron chi connectivity index (χ3n) is 5.45. The Bertz CT molecular complexity index is 999. The first-order chi connectivity index (χ1) is 14.5. The van der Waals surface area contributed by atoms with Crippen molar-refractivity contribution in [1.29, 1.82) is 0 Å². The quantitative estimate of drug-likeness (QED) is 0.751. The second-order valence-electron chi connectivity index (χ2n) is 8.98. The lowest BCUT2D eigenvalue weighted by Crippen LogP contribution is -2.53. The smallest absolute Gasteiger partial charge is 0.272 e. The van der Waals surface area contributed by atoms with Gasteiger partial charge in [-0.1, -0.05) is 32.4 Å². The summed E-state index contributed by atoms with van der Waals surface area (Å²) in [6.07, 6.45) is 0.832. The van der Waals surface area contributed by atoms with Crippen LogP contribution in [-0.4, -0.2) is 52.9 Å². The number of hydrogen-bond acceptors (Lipinski definition) is 4. The van der Waals surface area contributed by atoms with Gasteiger partial charge in [0.05, 0.1) is 11.3 Å². The molecule has 0 unspecified atom stereocenters. The summed E-state index contributed by atoms with van der Waals surface area (Å²) in [5.74, 6) is -0.844. The van der Waals surface area contributed by atoms with E-state index in [1.807, 2.05) is 32.4 Å². The highest BCUT2D eigenvalue weighted by atomic mass is 35.5. The zero-order chi connectivity index (χ0) is 22.9. The maximum atomic E-state index is 14.7. The number of hydrogen-bond donors (Lipinski definition) is 2. The summed E-state index contributed by atoms with van der Waals surface area (Å²) in [7, 11) is 3.50. The minimum Gasteiger partial charge on any atom is -0.357 e. The zero-order valence-corrected chi connectivity index (χ0v) is 19.3. The number of imidazole rings is 1. The van der Waals surface area contributed by atoms with Crippen LogP contribution in [0.3, 0.4) is 0 Å². The summed E-state index contributed by atoms with van der Waals surface area (Å²) < 4.78 is 16.5. The van der Waals surface area contributed by atoms with Crippen molar-refractivity contribution in [1.82, 2.24) is 25.1 Å². The van der Waals surface area contributed by atoms with Crippen molar-refractivity contribution >= 4 is 23.4 Å². The molecule has 0 spiro atoms. The summed E-state index contributed by atoms with van der Waals surface area (Å²) in [5, 5.41) is 5.82. The Morgan fingerprint density at radius 1 is 1.26 bits per heavy atom. The molecule has 0 bridgehead atoms. The highest BCUT2D eigenvalue weighted by molar-refractivity contribution is 6.30. The predicted molar refractivity (Wildman–Crippen MR) is 118 cm³/mol. The molecule has 1 aliphatic rings. The number of fused-ring (bicyclic) bond motifs is 1. The molecule has 1 aromatic heterocycles. The average molecular weight is 450 g/mol. The van der Waals surface area contributed by atoms with Crippen LogP contribution in [0.25, 0.3) is 11.4 Å². The number of nitrogens with one attached hydrogen (secondary N) is 2. The van der Waals surface area contributed by atoms with Crippen molar-refractivity contribution in [3.63, 3.8) is 0 Å². The van der Waals surface area contributed by atoms with Gasteiger partial charge in [-0.05, 0) is 43.6 Å². The number of nitrogens with zero attached hydrogens (tertiary/aromatic N) is 3. The molecule has 168 valence electrons. The molecule has 1 aliphatic heterocycles. The third-order valence-corrected chi connectivity index (χ3v) is 5.68. The minimum absolute atomic E-state index is 0.196. The van der Waals surface area contributed by atoms with Crippen LogP contribution in [-0.2, 0) is 17.9 Å². The van der Waals surface area contributed by atoms with Crippen LogP contribution >= 0.6 is 11.6 Å². The Morgan fingerprint density at radius 2 is 1.97 bits per heavy atom. The predicted octanol–water partition coefficient (Wildman–Crippen LogP) is 3.07. The number of halogens is 2. The van der Waals surface area contributed by atoms with Crippen LogP contribution in [0.15, 0.2) is 18.2 Å². The Balaban J connectivity index is 2.10. The Hall–Kier alpha value is -2.45. The van der Waals surface area contributed by atoms with E-state index in [1.54, 1.807) is 0 Å². The Morgan fingerprint density at radius 3 is 2.61 bits per heavy atom. The largest absolute Gasteiger partial charge is 0.357 e. The Kier molecular flexibility index (Phi) is 6.71. The standard InChI is InChI=1S/C22H29ClFN5O2/c1-22(2,3)18(21(31)25-4)27-20(30)17-16-12-28(5)9-6-10-29(16)19(26-17)14-11-13(23)7-8-15(14)24/h7-8,11,18H,6,9-10,12H2,1-5H3,(H,25,31)(H,27,30)/t18-/m1/s1. The van der Waals surface area contributed by atoms with Gasteiger partial charge in [0.2, 0.25) is 5.91 Å². The van der Waals surface area contributed by atoms with Gasteiger partial charge in [-0.15, -0.1) is 0 Å². The first kappa shape index (κ1) is 23.2. The molecule has 2 aromatic rings. The van der Waals surface area contributed by atoms with E-state index in [2.05, 4.69) is 20.5 Å². The normalized spacial score (nSPS) is 15.7. The fraction of sp³-hybridized carbons (Fsp3) is 0.500. The first-order valence-corrected chi connectivity index (χ1v) is 10.7. The van der Waals surface area contributed by atoms with Gasteiger partial charge in [-0.25, -0.2) is 9.37 Å². The van der Waals surface area contributed by atoms with Crippen molar-refractivity contribution in [2.45, 2.75) is 46.3 Å². The lowest BCUT2D eigenvalue weighted by molar-refractivity contribution is -0.124. The number of benzene rings is 1. The molecular weight excluding hydrogens is 421 g/mol. The van der Waals surface area contributed by atoms with Gasteiger partial charge >= 0.3 is 0 Å². The summed E-state index contributed by atoms with van der Waals surface area (Å²) in [6.45, 7) is 7.55. The Labute approximate surface area is 187 Å². The van der Waals surface area contributed by atoms with E-state index in [1.165, 1.54) is 25.2 Å². The number of likely N-dealkylation sites (N-methyl/N-ethyl adjacent to an activating group) is 1. The highest BCUT2D eigenvalue weighted by Crippen LogP contribution is 2.30. The number of amides is 2. The molecule has 2 heterocycles. The molecule has 0 fully saturated rings. The number of carbonyl (C=O) groups is 2. The van der Waals surface area contributed by atoms with Gasteiger partial charge < -0.3 is 20.1 Å². The summed E-state index contributed by atoms with van der Waals surface area (Å²) >= 11 is 6.11. The second-order valence-corrected chi connectivity index (χ2v) is 9.42. The van der Waals surface area contributed by atoms with Gasteiger partial charge in [-0.2, -0.15) is 0 Å². The topological polar surface area (TPSA) is 79.3 Å². The van der Waals surface area contributed by atoms with Gasteiger partial charge in [0, 0.05) is 25.2 Å². The van der Waals surface area contributed by atoms with Gasteiger partial charge in [0.1, 0.15) is 17.7 Å². The highest BCUT2D eigenvalue weighted by Gasteiger charge is 2.35. The van der Waals surface area contributed by atoms with E-state index in [-0.39, 0.29) is 17.2 Å². The van der Waals surface area contributed by atoms with Crippen LogP contribution in [0.4, 0.5) is 4.39 Å². The van der Waals surface area contributed by atoms with Crippen LogP contribution in [0.2, 0.25) is 5.02 Å². The van der Waals surface area contributed by atoms with Crippen LogP contribution in [0.1, 0.15) is 43.4 Å². The molecular formula is C22H29ClFN5O2. The molecule has 31 heavy (non-hydrogen) atoms. The van der Waals surface area contributed by atoms with E-state index in [9.17, 15) is 14.0 Å². The van der Waals surface area contributed by atoms with E-state index in [0.717, 1.165) is 13.0 Å². The number of aromatic nitrogens is 2. The number of carbonyl (C=O) groups excluding carboxylic acids is 2. The average Bonchev–Trinajstić information content (AvgIpc) is 2.92. The van der Waals surface area contributed by atoms with Crippen LogP contribution < -0.4 is 10.6 Å². The number of rotatable bonds is 4. The first-order valence-electron chi connectivity index (χ1n) is 10.3. The van der Waals surface area contributed by atoms with Crippen molar-refractivity contribution < 1.29 is 14.0 Å². The van der Waals surface area contributed by atoms with Crippen molar-refractivity contribution in [3.8, 4) is 11.4 Å².